The van der Waals surface area contributed by atoms with Gasteiger partial charge in [-0.25, -0.2) is 8.42 Å². The van der Waals surface area contributed by atoms with E-state index in [-0.39, 0.29) is 40.1 Å². The molecule has 0 saturated heterocycles. The highest BCUT2D eigenvalue weighted by Crippen LogP contribution is 2.37. The van der Waals surface area contributed by atoms with Gasteiger partial charge >= 0.3 is 0 Å². The Balaban J connectivity index is 1.91. The lowest BCUT2D eigenvalue weighted by Crippen LogP contribution is -2.56. The first-order valence-corrected chi connectivity index (χ1v) is 17.9. The van der Waals surface area contributed by atoms with Gasteiger partial charge in [-0.1, -0.05) is 54.1 Å². The molecule has 0 bridgehead atoms. The average molecular weight is 738 g/mol. The summed E-state index contributed by atoms with van der Waals surface area (Å²) >= 11 is 6.41. The van der Waals surface area contributed by atoms with Crippen LogP contribution >= 0.6 is 11.6 Å². The van der Waals surface area contributed by atoms with E-state index in [1.807, 2.05) is 57.2 Å². The van der Waals surface area contributed by atoms with Crippen molar-refractivity contribution in [3.63, 3.8) is 0 Å². The van der Waals surface area contributed by atoms with E-state index in [4.69, 9.17) is 30.5 Å². The molecule has 272 valence electrons. The Labute approximate surface area is 305 Å². The number of carbonyl (C=O) groups excluding carboxylic acids is 2. The molecule has 11 nitrogen and oxygen atoms in total. The van der Waals surface area contributed by atoms with Gasteiger partial charge in [-0.05, 0) is 74.4 Å². The Hall–Kier alpha value is -4.94. The highest BCUT2D eigenvalue weighted by atomic mass is 35.5. The maximum atomic E-state index is 14.9. The summed E-state index contributed by atoms with van der Waals surface area (Å²) < 4.78 is 51.9. The molecule has 51 heavy (non-hydrogen) atoms. The number of hydrogen-bond acceptors (Lipinski definition) is 8. The molecule has 13 heteroatoms. The number of carbonyl (C=O) groups is 2. The van der Waals surface area contributed by atoms with Crippen LogP contribution < -0.4 is 28.6 Å². The molecular formula is C38H44ClN3O8S. The number of rotatable bonds is 15. The molecule has 1 N–H and O–H groups in total. The Morgan fingerprint density at radius 3 is 2.04 bits per heavy atom. The first-order valence-electron chi connectivity index (χ1n) is 16.1. The monoisotopic (exact) mass is 737 g/mol. The molecule has 4 aromatic carbocycles. The molecule has 0 fully saturated rings. The van der Waals surface area contributed by atoms with Crippen LogP contribution in [0.1, 0.15) is 31.9 Å². The SMILES string of the molecule is COc1cccc(CN(C(=O)CN(c2cc(Cl)ccc2OC)S(=O)(=O)c2ccc(OC)c(OC)c2)C(Cc2ccccc2)C(=O)NC(C)(C)C)c1. The molecule has 0 aliphatic heterocycles. The van der Waals surface area contributed by atoms with E-state index < -0.39 is 40.0 Å². The molecule has 0 aliphatic rings. The van der Waals surface area contributed by atoms with Crippen LogP contribution in [0.4, 0.5) is 5.69 Å². The summed E-state index contributed by atoms with van der Waals surface area (Å²) in [5.41, 5.74) is 0.863. The number of methoxy groups -OCH3 is 4. The normalized spacial score (nSPS) is 12.0. The Bertz CT molecular complexity index is 1930. The van der Waals surface area contributed by atoms with Gasteiger partial charge in [0, 0.05) is 29.6 Å². The van der Waals surface area contributed by atoms with Crippen molar-refractivity contribution in [1.82, 2.24) is 10.2 Å². The summed E-state index contributed by atoms with van der Waals surface area (Å²) in [7, 11) is 1.23. The van der Waals surface area contributed by atoms with Crippen molar-refractivity contribution in [3.8, 4) is 23.0 Å². The number of benzene rings is 4. The number of hydrogen-bond donors (Lipinski definition) is 1. The summed E-state index contributed by atoms with van der Waals surface area (Å²) in [6.07, 6.45) is 0.154. The first kappa shape index (κ1) is 38.9. The first-order chi connectivity index (χ1) is 24.2. The van der Waals surface area contributed by atoms with Crippen molar-refractivity contribution in [2.24, 2.45) is 0 Å². The zero-order valence-corrected chi connectivity index (χ0v) is 31.4. The number of nitrogens with zero attached hydrogens (tertiary/aromatic N) is 2. The third-order valence-corrected chi connectivity index (χ3v) is 9.88. The molecular weight excluding hydrogens is 694 g/mol. The number of sulfonamides is 1. The zero-order valence-electron chi connectivity index (χ0n) is 29.8. The molecule has 0 spiro atoms. The van der Waals surface area contributed by atoms with Gasteiger partial charge in [-0.3, -0.25) is 13.9 Å². The van der Waals surface area contributed by atoms with Crippen LogP contribution in [0.25, 0.3) is 0 Å². The van der Waals surface area contributed by atoms with Gasteiger partial charge in [-0.15, -0.1) is 0 Å². The third kappa shape index (κ3) is 9.86. The minimum Gasteiger partial charge on any atom is -0.497 e. The quantitative estimate of drug-likeness (QED) is 0.155. The smallest absolute Gasteiger partial charge is 0.265 e. The van der Waals surface area contributed by atoms with Gasteiger partial charge in [0.1, 0.15) is 24.1 Å². The maximum Gasteiger partial charge on any atom is 0.265 e. The van der Waals surface area contributed by atoms with E-state index >= 15 is 0 Å². The average Bonchev–Trinajstić information content (AvgIpc) is 3.11. The highest BCUT2D eigenvalue weighted by molar-refractivity contribution is 7.92. The van der Waals surface area contributed by atoms with Gasteiger partial charge < -0.3 is 29.2 Å². The van der Waals surface area contributed by atoms with E-state index in [0.717, 1.165) is 9.87 Å². The molecule has 0 aliphatic carbocycles. The predicted molar refractivity (Wildman–Crippen MR) is 197 cm³/mol. The van der Waals surface area contributed by atoms with Crippen molar-refractivity contribution < 1.29 is 37.0 Å². The van der Waals surface area contributed by atoms with Crippen LogP contribution in [0.15, 0.2) is 95.9 Å². The van der Waals surface area contributed by atoms with Gasteiger partial charge in [0.05, 0.1) is 39.0 Å². The van der Waals surface area contributed by atoms with Crippen molar-refractivity contribution in [1.29, 1.82) is 0 Å². The van der Waals surface area contributed by atoms with Crippen LogP contribution in [0.2, 0.25) is 5.02 Å². The number of amides is 2. The minimum absolute atomic E-state index is 0.0215. The molecule has 1 unspecified atom stereocenters. The van der Waals surface area contributed by atoms with Crippen molar-refractivity contribution >= 4 is 39.1 Å². The molecule has 0 saturated carbocycles. The largest absolute Gasteiger partial charge is 0.497 e. The highest BCUT2D eigenvalue weighted by Gasteiger charge is 2.37. The topological polar surface area (TPSA) is 124 Å². The Morgan fingerprint density at radius 1 is 0.765 bits per heavy atom. The van der Waals surface area contributed by atoms with Crippen LogP contribution in [-0.4, -0.2) is 71.7 Å². The van der Waals surface area contributed by atoms with E-state index in [0.29, 0.717) is 17.1 Å². The summed E-state index contributed by atoms with van der Waals surface area (Å²) in [6.45, 7) is 4.79. The van der Waals surface area contributed by atoms with Crippen molar-refractivity contribution in [2.45, 2.75) is 50.2 Å². The number of anilines is 1. The summed E-state index contributed by atoms with van der Waals surface area (Å²) in [4.78, 5) is 30.2. The third-order valence-electron chi connectivity index (χ3n) is 7.89. The van der Waals surface area contributed by atoms with Gasteiger partial charge in [0.25, 0.3) is 10.0 Å². The fourth-order valence-corrected chi connectivity index (χ4v) is 7.05. The van der Waals surface area contributed by atoms with E-state index in [1.165, 1.54) is 63.7 Å². The summed E-state index contributed by atoms with van der Waals surface area (Å²) in [5.74, 6) is 0.134. The molecule has 0 radical (unpaired) electrons. The fraction of sp³-hybridized carbons (Fsp3) is 0.316. The standard InChI is InChI=1S/C38H44ClN3O8S/c1-38(2,3)40-37(44)32(21-26-12-9-8-10-13-26)41(24-27-14-11-15-29(20-27)47-4)36(43)25-42(31-22-28(39)16-18-33(31)48-5)51(45,46)30-17-19-34(49-6)35(23-30)50-7/h8-20,22-23,32H,21,24-25H2,1-7H3,(H,40,44). The zero-order chi connectivity index (χ0) is 37.3. The van der Waals surface area contributed by atoms with Gasteiger partial charge in [0.15, 0.2) is 11.5 Å². The molecule has 4 aromatic rings. The lowest BCUT2D eigenvalue weighted by Gasteiger charge is -2.35. The lowest BCUT2D eigenvalue weighted by atomic mass is 10.0. The van der Waals surface area contributed by atoms with E-state index in [2.05, 4.69) is 5.32 Å². The molecule has 4 rings (SSSR count). The van der Waals surface area contributed by atoms with Crippen molar-refractivity contribution in [3.05, 3.63) is 107 Å². The summed E-state index contributed by atoms with van der Waals surface area (Å²) in [6, 6.07) is 24.0. The second-order valence-electron chi connectivity index (χ2n) is 12.7. The van der Waals surface area contributed by atoms with Crippen LogP contribution in [0.5, 0.6) is 23.0 Å². The number of halogens is 1. The fourth-order valence-electron chi connectivity index (χ4n) is 5.45. The number of nitrogens with one attached hydrogen (secondary N) is 1. The Kier molecular flexibility index (Phi) is 12.8. The maximum absolute atomic E-state index is 14.9. The second-order valence-corrected chi connectivity index (χ2v) is 15.0. The van der Waals surface area contributed by atoms with Crippen LogP contribution in [0, 0.1) is 0 Å². The predicted octanol–water partition coefficient (Wildman–Crippen LogP) is 6.12. The molecule has 0 aromatic heterocycles. The second kappa shape index (κ2) is 16.8. The lowest BCUT2D eigenvalue weighted by molar-refractivity contribution is -0.140. The minimum atomic E-state index is -4.52. The molecule has 1 atom stereocenters. The van der Waals surface area contributed by atoms with Crippen LogP contribution in [0.3, 0.4) is 0 Å². The number of ether oxygens (including phenoxy) is 4. The van der Waals surface area contributed by atoms with E-state index in [9.17, 15) is 18.0 Å². The van der Waals surface area contributed by atoms with Gasteiger partial charge in [0.2, 0.25) is 11.8 Å². The summed E-state index contributed by atoms with van der Waals surface area (Å²) in [5, 5.41) is 3.23. The van der Waals surface area contributed by atoms with Gasteiger partial charge in [-0.2, -0.15) is 0 Å². The molecule has 0 heterocycles. The van der Waals surface area contributed by atoms with E-state index in [1.54, 1.807) is 24.3 Å². The van der Waals surface area contributed by atoms with Crippen molar-refractivity contribution in [2.75, 3.05) is 39.3 Å². The molecule has 2 amide bonds. The van der Waals surface area contributed by atoms with Crippen LogP contribution in [-0.2, 0) is 32.6 Å². The Morgan fingerprint density at radius 2 is 1.41 bits per heavy atom.